The zero-order valence-electron chi connectivity index (χ0n) is 10.3. The third-order valence-corrected chi connectivity index (χ3v) is 6.14. The van der Waals surface area contributed by atoms with Crippen LogP contribution in [0.1, 0.15) is 0 Å². The van der Waals surface area contributed by atoms with E-state index in [0.29, 0.717) is 29.9 Å². The average molecular weight is 323 g/mol. The Morgan fingerprint density at radius 1 is 1.16 bits per heavy atom. The minimum Gasteiger partial charge on any atom is -0.316 e. The molecule has 0 spiro atoms. The molecule has 1 aromatic rings. The van der Waals surface area contributed by atoms with Crippen LogP contribution >= 0.6 is 24.0 Å². The van der Waals surface area contributed by atoms with Crippen molar-refractivity contribution in [2.75, 3.05) is 26.2 Å². The summed E-state index contributed by atoms with van der Waals surface area (Å²) in [6.07, 6.45) is 0. The first-order valence-electron chi connectivity index (χ1n) is 6.04. The molecule has 1 N–H and O–H groups in total. The van der Waals surface area contributed by atoms with Gasteiger partial charge in [-0.15, -0.1) is 12.4 Å². The SMILES string of the molecule is Cl.O=S(=O)(c1ccccc1Cl)N1C[C@H]2CNC[C@H]2C1. The van der Waals surface area contributed by atoms with Gasteiger partial charge in [0.05, 0.1) is 5.02 Å². The minimum absolute atomic E-state index is 0. The molecular formula is C12H16Cl2N2O2S. The Morgan fingerprint density at radius 2 is 1.74 bits per heavy atom. The number of hydrogen-bond acceptors (Lipinski definition) is 3. The third-order valence-electron chi connectivity index (χ3n) is 3.81. The van der Waals surface area contributed by atoms with Crippen LogP contribution in [0.5, 0.6) is 0 Å². The first-order chi connectivity index (χ1) is 8.59. The molecule has 0 unspecified atom stereocenters. The summed E-state index contributed by atoms with van der Waals surface area (Å²) in [5.74, 6) is 0.893. The Kier molecular flexibility index (Phi) is 4.42. The maximum atomic E-state index is 12.5. The van der Waals surface area contributed by atoms with Crippen molar-refractivity contribution in [3.63, 3.8) is 0 Å². The average Bonchev–Trinajstić information content (AvgIpc) is 2.89. The maximum Gasteiger partial charge on any atom is 0.244 e. The molecule has 0 aromatic heterocycles. The van der Waals surface area contributed by atoms with Crippen molar-refractivity contribution in [2.45, 2.75) is 4.90 Å². The number of nitrogens with zero attached hydrogens (tertiary/aromatic N) is 1. The quantitative estimate of drug-likeness (QED) is 0.899. The first-order valence-corrected chi connectivity index (χ1v) is 7.86. The van der Waals surface area contributed by atoms with E-state index >= 15 is 0 Å². The number of nitrogens with one attached hydrogen (secondary N) is 1. The van der Waals surface area contributed by atoms with Crippen LogP contribution in [0.2, 0.25) is 5.02 Å². The van der Waals surface area contributed by atoms with E-state index in [1.807, 2.05) is 0 Å². The molecule has 4 nitrogen and oxygen atoms in total. The van der Waals surface area contributed by atoms with Crippen molar-refractivity contribution >= 4 is 34.0 Å². The number of halogens is 2. The zero-order valence-corrected chi connectivity index (χ0v) is 12.6. The summed E-state index contributed by atoms with van der Waals surface area (Å²) in [4.78, 5) is 0.222. The van der Waals surface area contributed by atoms with Gasteiger partial charge in [0.2, 0.25) is 10.0 Å². The van der Waals surface area contributed by atoms with Crippen molar-refractivity contribution in [1.29, 1.82) is 0 Å². The van der Waals surface area contributed by atoms with Gasteiger partial charge in [-0.25, -0.2) is 8.42 Å². The third kappa shape index (κ3) is 2.62. The van der Waals surface area contributed by atoms with Crippen LogP contribution in [-0.2, 0) is 10.0 Å². The van der Waals surface area contributed by atoms with Gasteiger partial charge in [-0.1, -0.05) is 23.7 Å². The van der Waals surface area contributed by atoms with Crippen LogP contribution in [0, 0.1) is 11.8 Å². The highest BCUT2D eigenvalue weighted by Crippen LogP contribution is 2.32. The molecule has 2 saturated heterocycles. The number of sulfonamides is 1. The van der Waals surface area contributed by atoms with Crippen molar-refractivity contribution in [3.8, 4) is 0 Å². The predicted molar refractivity (Wildman–Crippen MR) is 77.3 cm³/mol. The molecule has 2 fully saturated rings. The topological polar surface area (TPSA) is 49.4 Å². The van der Waals surface area contributed by atoms with E-state index in [2.05, 4.69) is 5.32 Å². The largest absolute Gasteiger partial charge is 0.316 e. The van der Waals surface area contributed by atoms with Gasteiger partial charge in [0.25, 0.3) is 0 Å². The smallest absolute Gasteiger partial charge is 0.244 e. The highest BCUT2D eigenvalue weighted by Gasteiger charge is 2.41. The van der Waals surface area contributed by atoms with Gasteiger partial charge in [-0.3, -0.25) is 0 Å². The molecule has 106 valence electrons. The lowest BCUT2D eigenvalue weighted by molar-refractivity contribution is 0.448. The Morgan fingerprint density at radius 3 is 2.32 bits per heavy atom. The highest BCUT2D eigenvalue weighted by molar-refractivity contribution is 7.89. The predicted octanol–water partition coefficient (Wildman–Crippen LogP) is 1.60. The summed E-state index contributed by atoms with van der Waals surface area (Å²) in [6, 6.07) is 6.64. The van der Waals surface area contributed by atoms with E-state index in [1.165, 1.54) is 0 Å². The summed E-state index contributed by atoms with van der Waals surface area (Å²) in [5.41, 5.74) is 0. The normalized spacial score (nSPS) is 27.0. The molecule has 2 heterocycles. The van der Waals surface area contributed by atoms with Crippen molar-refractivity contribution in [1.82, 2.24) is 9.62 Å². The van der Waals surface area contributed by atoms with Gasteiger partial charge in [-0.05, 0) is 37.1 Å². The molecule has 2 aliphatic rings. The minimum atomic E-state index is -3.44. The van der Waals surface area contributed by atoms with Crippen LogP contribution in [0.4, 0.5) is 0 Å². The van der Waals surface area contributed by atoms with Crippen LogP contribution in [0.3, 0.4) is 0 Å². The Labute approximate surface area is 124 Å². The Bertz CT molecular complexity index is 553. The van der Waals surface area contributed by atoms with E-state index in [-0.39, 0.29) is 17.3 Å². The molecular weight excluding hydrogens is 307 g/mol. The van der Waals surface area contributed by atoms with Gasteiger partial charge in [0.1, 0.15) is 4.90 Å². The van der Waals surface area contributed by atoms with E-state index in [4.69, 9.17) is 11.6 Å². The van der Waals surface area contributed by atoms with Crippen LogP contribution in [-0.4, -0.2) is 38.9 Å². The van der Waals surface area contributed by atoms with Gasteiger partial charge in [-0.2, -0.15) is 4.31 Å². The summed E-state index contributed by atoms with van der Waals surface area (Å²) >= 11 is 5.99. The summed E-state index contributed by atoms with van der Waals surface area (Å²) < 4.78 is 26.6. The molecule has 2 atom stereocenters. The standard InChI is InChI=1S/C12H15ClN2O2S.ClH/c13-11-3-1-2-4-12(11)18(16,17)15-7-9-5-14-6-10(9)8-15;/h1-4,9-10,14H,5-8H2;1H/t9-,10+;. The maximum absolute atomic E-state index is 12.5. The molecule has 19 heavy (non-hydrogen) atoms. The molecule has 7 heteroatoms. The Balaban J connectivity index is 0.00000133. The second-order valence-electron chi connectivity index (χ2n) is 4.93. The van der Waals surface area contributed by atoms with Gasteiger partial charge < -0.3 is 5.32 Å². The molecule has 3 rings (SSSR count). The van der Waals surface area contributed by atoms with Crippen molar-refractivity contribution < 1.29 is 8.42 Å². The Hall–Kier alpha value is -0.330. The zero-order chi connectivity index (χ0) is 12.8. The highest BCUT2D eigenvalue weighted by atomic mass is 35.5. The molecule has 2 aliphatic heterocycles. The number of benzene rings is 1. The lowest BCUT2D eigenvalue weighted by Crippen LogP contribution is -2.32. The fourth-order valence-corrected chi connectivity index (χ4v) is 4.85. The van der Waals surface area contributed by atoms with Gasteiger partial charge in [0, 0.05) is 13.1 Å². The molecule has 0 aliphatic carbocycles. The van der Waals surface area contributed by atoms with E-state index in [9.17, 15) is 8.42 Å². The summed E-state index contributed by atoms with van der Waals surface area (Å²) in [6.45, 7) is 3.04. The molecule has 1 aromatic carbocycles. The monoisotopic (exact) mass is 322 g/mol. The molecule has 0 amide bonds. The fraction of sp³-hybridized carbons (Fsp3) is 0.500. The number of rotatable bonds is 2. The van der Waals surface area contributed by atoms with Crippen molar-refractivity contribution in [3.05, 3.63) is 29.3 Å². The van der Waals surface area contributed by atoms with E-state index in [1.54, 1.807) is 28.6 Å². The number of hydrogen-bond donors (Lipinski definition) is 1. The van der Waals surface area contributed by atoms with E-state index < -0.39 is 10.0 Å². The fourth-order valence-electron chi connectivity index (χ4n) is 2.80. The first kappa shape index (κ1) is 15.1. The number of fused-ring (bicyclic) bond motifs is 1. The summed E-state index contributed by atoms with van der Waals surface area (Å²) in [7, 11) is -3.44. The second kappa shape index (κ2) is 5.58. The molecule has 0 bridgehead atoms. The van der Waals surface area contributed by atoms with Crippen LogP contribution in [0.15, 0.2) is 29.2 Å². The lowest BCUT2D eigenvalue weighted by Gasteiger charge is -2.18. The van der Waals surface area contributed by atoms with Crippen molar-refractivity contribution in [2.24, 2.45) is 11.8 Å². The van der Waals surface area contributed by atoms with Gasteiger partial charge >= 0.3 is 0 Å². The molecule has 0 saturated carbocycles. The van der Waals surface area contributed by atoms with Crippen LogP contribution in [0.25, 0.3) is 0 Å². The molecule has 0 radical (unpaired) electrons. The van der Waals surface area contributed by atoms with E-state index in [0.717, 1.165) is 13.1 Å². The van der Waals surface area contributed by atoms with Gasteiger partial charge in [0.15, 0.2) is 0 Å². The summed E-state index contributed by atoms with van der Waals surface area (Å²) in [5, 5.41) is 3.60. The lowest BCUT2D eigenvalue weighted by atomic mass is 10.0. The van der Waals surface area contributed by atoms with Crippen LogP contribution < -0.4 is 5.32 Å². The second-order valence-corrected chi connectivity index (χ2v) is 7.24.